The molecule has 4 atom stereocenters. The number of aryl methyl sites for hydroxylation is 2. The molecular formula is C22H26FNO4. The average molecular weight is 387 g/mol. The molecule has 2 heterocycles. The molecule has 0 bridgehead atoms. The number of benzene rings is 2. The zero-order valence-electron chi connectivity index (χ0n) is 15.7. The summed E-state index contributed by atoms with van der Waals surface area (Å²) in [4.78, 5) is 0. The highest BCUT2D eigenvalue weighted by molar-refractivity contribution is 5.36. The summed E-state index contributed by atoms with van der Waals surface area (Å²) in [5.41, 5.74) is 2.01. The molecule has 150 valence electrons. The zero-order chi connectivity index (χ0) is 19.5. The van der Waals surface area contributed by atoms with Gasteiger partial charge in [0.1, 0.15) is 41.7 Å². The predicted molar refractivity (Wildman–Crippen MR) is 103 cm³/mol. The van der Waals surface area contributed by atoms with Gasteiger partial charge in [0.15, 0.2) is 0 Å². The van der Waals surface area contributed by atoms with Crippen molar-refractivity contribution in [2.24, 2.45) is 0 Å². The summed E-state index contributed by atoms with van der Waals surface area (Å²) in [5, 5.41) is 24.0. The summed E-state index contributed by atoms with van der Waals surface area (Å²) in [6, 6.07) is 12.3. The van der Waals surface area contributed by atoms with Crippen molar-refractivity contribution in [3.8, 4) is 11.5 Å². The lowest BCUT2D eigenvalue weighted by molar-refractivity contribution is 0.00896. The Balaban J connectivity index is 1.23. The number of ether oxygens (including phenoxy) is 2. The Bertz CT molecular complexity index is 815. The van der Waals surface area contributed by atoms with E-state index in [1.54, 1.807) is 6.07 Å². The number of halogens is 1. The van der Waals surface area contributed by atoms with Gasteiger partial charge in [-0.1, -0.05) is 18.2 Å². The fourth-order valence-corrected chi connectivity index (χ4v) is 3.91. The van der Waals surface area contributed by atoms with Crippen molar-refractivity contribution in [2.45, 2.75) is 50.1 Å². The highest BCUT2D eigenvalue weighted by Gasteiger charge is 2.28. The van der Waals surface area contributed by atoms with E-state index in [-0.39, 0.29) is 18.0 Å². The van der Waals surface area contributed by atoms with Gasteiger partial charge >= 0.3 is 0 Å². The Hall–Kier alpha value is -2.15. The maximum atomic E-state index is 13.3. The van der Waals surface area contributed by atoms with E-state index in [2.05, 4.69) is 5.32 Å². The Morgan fingerprint density at radius 1 is 0.893 bits per heavy atom. The molecule has 2 aromatic carbocycles. The first-order valence-corrected chi connectivity index (χ1v) is 9.86. The van der Waals surface area contributed by atoms with Crippen LogP contribution in [0.25, 0.3) is 0 Å². The molecule has 2 aliphatic heterocycles. The van der Waals surface area contributed by atoms with E-state index < -0.39 is 12.2 Å². The minimum atomic E-state index is -0.710. The van der Waals surface area contributed by atoms with Crippen molar-refractivity contribution >= 4 is 0 Å². The van der Waals surface area contributed by atoms with Crippen LogP contribution in [0.3, 0.4) is 0 Å². The minimum Gasteiger partial charge on any atom is -0.487 e. The van der Waals surface area contributed by atoms with Gasteiger partial charge in [0.2, 0.25) is 0 Å². The smallest absolute Gasteiger partial charge is 0.126 e. The van der Waals surface area contributed by atoms with Crippen LogP contribution in [0, 0.1) is 5.82 Å². The van der Waals surface area contributed by atoms with Gasteiger partial charge in [0, 0.05) is 13.1 Å². The number of para-hydroxylation sites is 1. The molecule has 0 aromatic heterocycles. The summed E-state index contributed by atoms with van der Waals surface area (Å²) < 4.78 is 25.0. The van der Waals surface area contributed by atoms with Gasteiger partial charge in [-0.15, -0.1) is 0 Å². The monoisotopic (exact) mass is 387 g/mol. The highest BCUT2D eigenvalue weighted by Crippen LogP contribution is 2.30. The van der Waals surface area contributed by atoms with E-state index in [1.807, 2.05) is 24.3 Å². The van der Waals surface area contributed by atoms with Gasteiger partial charge in [-0.3, -0.25) is 0 Å². The standard InChI is InChI=1S/C22H26FNO4/c23-16-7-10-20-15(11-16)6-9-22(28-20)18(26)13-24-12-17(25)21-8-5-14-3-1-2-4-19(14)27-21/h1-4,7,10-11,17-18,21-22,24-26H,5-6,8-9,12-13H2/t17-,18+,21-,22+/m1/s1. The first-order valence-electron chi connectivity index (χ1n) is 9.86. The third-order valence-electron chi connectivity index (χ3n) is 5.51. The van der Waals surface area contributed by atoms with Crippen LogP contribution in [0.5, 0.6) is 11.5 Å². The fourth-order valence-electron chi connectivity index (χ4n) is 3.91. The number of aliphatic hydroxyl groups is 2. The quantitative estimate of drug-likeness (QED) is 0.709. The minimum absolute atomic E-state index is 0.257. The lowest BCUT2D eigenvalue weighted by Gasteiger charge is -2.31. The number of hydrogen-bond donors (Lipinski definition) is 3. The van der Waals surface area contributed by atoms with Crippen molar-refractivity contribution < 1.29 is 24.1 Å². The number of rotatable bonds is 6. The van der Waals surface area contributed by atoms with Gasteiger partial charge in [-0.25, -0.2) is 4.39 Å². The number of fused-ring (bicyclic) bond motifs is 2. The second-order valence-corrected chi connectivity index (χ2v) is 7.54. The molecule has 28 heavy (non-hydrogen) atoms. The van der Waals surface area contributed by atoms with Gasteiger partial charge in [-0.2, -0.15) is 0 Å². The molecule has 0 spiro atoms. The molecule has 2 aromatic rings. The number of hydrogen-bond acceptors (Lipinski definition) is 5. The van der Waals surface area contributed by atoms with Crippen molar-refractivity contribution in [2.75, 3.05) is 13.1 Å². The molecule has 0 unspecified atom stereocenters. The molecule has 0 saturated heterocycles. The molecule has 6 heteroatoms. The third kappa shape index (κ3) is 4.29. The van der Waals surface area contributed by atoms with E-state index in [0.717, 1.165) is 24.2 Å². The van der Waals surface area contributed by atoms with Crippen LogP contribution in [0.1, 0.15) is 24.0 Å². The van der Waals surface area contributed by atoms with Crippen LogP contribution in [-0.4, -0.2) is 47.7 Å². The molecule has 4 rings (SSSR count). The van der Waals surface area contributed by atoms with E-state index >= 15 is 0 Å². The number of aliphatic hydroxyl groups excluding tert-OH is 2. The molecule has 5 nitrogen and oxygen atoms in total. The Morgan fingerprint density at radius 3 is 2.21 bits per heavy atom. The maximum Gasteiger partial charge on any atom is 0.126 e. The topological polar surface area (TPSA) is 71.0 Å². The van der Waals surface area contributed by atoms with E-state index in [1.165, 1.54) is 17.7 Å². The van der Waals surface area contributed by atoms with E-state index in [0.29, 0.717) is 31.7 Å². The molecule has 0 saturated carbocycles. The van der Waals surface area contributed by atoms with Crippen molar-refractivity contribution in [3.05, 3.63) is 59.4 Å². The van der Waals surface area contributed by atoms with Crippen LogP contribution < -0.4 is 14.8 Å². The SMILES string of the molecule is O[C@H](CNC[C@H](O)[C@@H]1CCc2cc(F)ccc2O1)[C@H]1CCc2ccccc2O1. The van der Waals surface area contributed by atoms with Crippen LogP contribution in [0.15, 0.2) is 42.5 Å². The van der Waals surface area contributed by atoms with Gasteiger partial charge in [0.25, 0.3) is 0 Å². The van der Waals surface area contributed by atoms with Crippen LogP contribution >= 0.6 is 0 Å². The summed E-state index contributed by atoms with van der Waals surface area (Å²) in [7, 11) is 0. The summed E-state index contributed by atoms with van der Waals surface area (Å²) in [5.74, 6) is 1.19. The van der Waals surface area contributed by atoms with Crippen LogP contribution in [-0.2, 0) is 12.8 Å². The van der Waals surface area contributed by atoms with Gasteiger partial charge < -0.3 is 25.0 Å². The van der Waals surface area contributed by atoms with Crippen molar-refractivity contribution in [1.82, 2.24) is 5.32 Å². The van der Waals surface area contributed by atoms with Gasteiger partial charge in [0.05, 0.1) is 0 Å². The first kappa shape index (κ1) is 19.2. The normalized spacial score (nSPS) is 23.0. The molecule has 0 aliphatic carbocycles. The van der Waals surface area contributed by atoms with E-state index in [9.17, 15) is 14.6 Å². The lowest BCUT2D eigenvalue weighted by atomic mass is 9.98. The lowest BCUT2D eigenvalue weighted by Crippen LogP contribution is -2.46. The largest absolute Gasteiger partial charge is 0.487 e. The summed E-state index contributed by atoms with van der Waals surface area (Å²) >= 11 is 0. The number of nitrogens with one attached hydrogen (secondary N) is 1. The molecule has 0 radical (unpaired) electrons. The van der Waals surface area contributed by atoms with Crippen molar-refractivity contribution in [3.63, 3.8) is 0 Å². The van der Waals surface area contributed by atoms with Crippen LogP contribution in [0.2, 0.25) is 0 Å². The summed E-state index contributed by atoms with van der Waals surface area (Å²) in [6.45, 7) is 0.639. The molecule has 2 aliphatic rings. The van der Waals surface area contributed by atoms with E-state index in [4.69, 9.17) is 9.47 Å². The molecule has 3 N–H and O–H groups in total. The molecule has 0 fully saturated rings. The second kappa shape index (κ2) is 8.47. The Kier molecular flexibility index (Phi) is 5.80. The van der Waals surface area contributed by atoms with Gasteiger partial charge in [-0.05, 0) is 61.1 Å². The maximum absolute atomic E-state index is 13.3. The second-order valence-electron chi connectivity index (χ2n) is 7.54. The zero-order valence-corrected chi connectivity index (χ0v) is 15.7. The molecule has 0 amide bonds. The Morgan fingerprint density at radius 2 is 1.50 bits per heavy atom. The average Bonchev–Trinajstić information content (AvgIpc) is 2.72. The third-order valence-corrected chi connectivity index (χ3v) is 5.51. The van der Waals surface area contributed by atoms with Crippen molar-refractivity contribution in [1.29, 1.82) is 0 Å². The fraction of sp³-hybridized carbons (Fsp3) is 0.455. The summed E-state index contributed by atoms with van der Waals surface area (Å²) in [6.07, 6.45) is 0.984. The predicted octanol–water partition coefficient (Wildman–Crippen LogP) is 2.22. The first-order chi connectivity index (χ1) is 13.6. The Labute approximate surface area is 164 Å². The van der Waals surface area contributed by atoms with Crippen LogP contribution in [0.4, 0.5) is 4.39 Å². The highest BCUT2D eigenvalue weighted by atomic mass is 19.1. The molecular weight excluding hydrogens is 361 g/mol.